The second kappa shape index (κ2) is 9.12. The van der Waals surface area contributed by atoms with Gasteiger partial charge in [0.1, 0.15) is 18.1 Å². The minimum atomic E-state index is -0.557. The molecule has 0 N–H and O–H groups in total. The fourth-order valence-electron chi connectivity index (χ4n) is 4.88. The Morgan fingerprint density at radius 2 is 1.94 bits per heavy atom. The van der Waals surface area contributed by atoms with E-state index in [1.165, 1.54) is 12.0 Å². The van der Waals surface area contributed by atoms with Crippen molar-refractivity contribution in [2.45, 2.75) is 45.4 Å². The molecule has 1 fully saturated rings. The summed E-state index contributed by atoms with van der Waals surface area (Å²) in [4.78, 5) is 34.3. The van der Waals surface area contributed by atoms with E-state index < -0.39 is 5.41 Å². The predicted molar refractivity (Wildman–Crippen MR) is 116 cm³/mol. The van der Waals surface area contributed by atoms with Crippen molar-refractivity contribution in [1.82, 2.24) is 14.8 Å². The Balaban J connectivity index is 1.54. The summed E-state index contributed by atoms with van der Waals surface area (Å²) in [6, 6.07) is 8.15. The second-order valence-electron chi connectivity index (χ2n) is 8.76. The molecule has 0 aliphatic carbocycles. The van der Waals surface area contributed by atoms with Crippen LogP contribution in [0.15, 0.2) is 35.1 Å². The lowest BCUT2D eigenvalue weighted by Crippen LogP contribution is -2.54. The Morgan fingerprint density at radius 1 is 1.13 bits per heavy atom. The van der Waals surface area contributed by atoms with E-state index in [0.29, 0.717) is 37.7 Å². The number of likely N-dealkylation sites (tertiary alicyclic amines) is 1. The van der Waals surface area contributed by atoms with Gasteiger partial charge in [-0.1, -0.05) is 24.6 Å². The highest BCUT2D eigenvalue weighted by Crippen LogP contribution is 2.38. The maximum atomic E-state index is 13.6. The highest BCUT2D eigenvalue weighted by atomic mass is 16.5. The van der Waals surface area contributed by atoms with Crippen LogP contribution in [0, 0.1) is 12.3 Å². The number of carbonyl (C=O) groups is 2. The number of fused-ring (bicyclic) bond motifs is 1. The minimum absolute atomic E-state index is 0.110. The van der Waals surface area contributed by atoms with Crippen LogP contribution in [0.1, 0.15) is 53.9 Å². The van der Waals surface area contributed by atoms with Gasteiger partial charge in [-0.15, -0.1) is 0 Å². The number of likely N-dealkylation sites (N-methyl/N-ethyl adjacent to an activating group) is 1. The molecule has 2 aliphatic heterocycles. The van der Waals surface area contributed by atoms with Crippen molar-refractivity contribution in [2.24, 2.45) is 5.41 Å². The first-order valence-electron chi connectivity index (χ1n) is 11.2. The normalized spacial score (nSPS) is 23.0. The smallest absolute Gasteiger partial charge is 0.276 e. The summed E-state index contributed by atoms with van der Waals surface area (Å²) in [7, 11) is 1.84. The number of carbonyl (C=O) groups excluding carboxylic acids is 2. The molecule has 1 saturated heterocycles. The molecule has 0 bridgehead atoms. The van der Waals surface area contributed by atoms with Gasteiger partial charge in [0.25, 0.3) is 5.91 Å². The summed E-state index contributed by atoms with van der Waals surface area (Å²) in [5.74, 6) is 1.39. The van der Waals surface area contributed by atoms with Crippen molar-refractivity contribution in [1.29, 1.82) is 0 Å². The lowest BCUT2D eigenvalue weighted by Gasteiger charge is -2.43. The van der Waals surface area contributed by atoms with Crippen molar-refractivity contribution in [3.63, 3.8) is 0 Å². The summed E-state index contributed by atoms with van der Waals surface area (Å²) in [5, 5.41) is 0. The highest BCUT2D eigenvalue weighted by Gasteiger charge is 2.44. The van der Waals surface area contributed by atoms with Crippen LogP contribution in [0.3, 0.4) is 0 Å². The number of benzene rings is 1. The van der Waals surface area contributed by atoms with Gasteiger partial charge in [-0.2, -0.15) is 0 Å². The molecule has 7 nitrogen and oxygen atoms in total. The number of oxazole rings is 1. The van der Waals surface area contributed by atoms with Gasteiger partial charge in [-0.05, 0) is 50.7 Å². The zero-order chi connectivity index (χ0) is 21.8. The molecule has 1 aromatic carbocycles. The van der Waals surface area contributed by atoms with E-state index in [1.807, 2.05) is 25.2 Å². The average molecular weight is 426 g/mol. The molecule has 31 heavy (non-hydrogen) atoms. The SMILES string of the molecule is Cc1ocnc1C(=O)N1CCCC2(CCCCc3ccccc3OCCN(C)C2=O)C1. The van der Waals surface area contributed by atoms with Gasteiger partial charge in [0, 0.05) is 20.1 Å². The minimum Gasteiger partial charge on any atom is -0.491 e. The van der Waals surface area contributed by atoms with Gasteiger partial charge < -0.3 is 19.0 Å². The van der Waals surface area contributed by atoms with Gasteiger partial charge in [0.2, 0.25) is 5.91 Å². The molecule has 1 atom stereocenters. The van der Waals surface area contributed by atoms with Crippen LogP contribution < -0.4 is 4.74 Å². The van der Waals surface area contributed by atoms with Crippen molar-refractivity contribution in [3.8, 4) is 5.75 Å². The van der Waals surface area contributed by atoms with Crippen molar-refractivity contribution >= 4 is 11.8 Å². The largest absolute Gasteiger partial charge is 0.491 e. The standard InChI is InChI=1S/C24H31N3O4/c1-18-21(25-17-31-18)22(28)27-13-7-12-24(16-27)11-6-5-9-19-8-3-4-10-20(19)30-15-14-26(2)23(24)29/h3-4,8,10,17H,5-7,9,11-16H2,1-2H3. The van der Waals surface area contributed by atoms with Crippen molar-refractivity contribution in [3.05, 3.63) is 47.7 Å². The van der Waals surface area contributed by atoms with Gasteiger partial charge >= 0.3 is 0 Å². The topological polar surface area (TPSA) is 75.9 Å². The number of rotatable bonds is 1. The third kappa shape index (κ3) is 4.45. The molecule has 7 heteroatoms. The third-order valence-electron chi connectivity index (χ3n) is 6.62. The zero-order valence-electron chi connectivity index (χ0n) is 18.4. The molecular formula is C24H31N3O4. The number of aryl methyl sites for hydroxylation is 2. The molecule has 2 aliphatic rings. The number of ether oxygens (including phenoxy) is 1. The third-order valence-corrected chi connectivity index (χ3v) is 6.62. The Kier molecular flexibility index (Phi) is 6.30. The van der Waals surface area contributed by atoms with Crippen LogP contribution in [0.25, 0.3) is 0 Å². The molecule has 1 unspecified atom stereocenters. The van der Waals surface area contributed by atoms with E-state index in [9.17, 15) is 9.59 Å². The highest BCUT2D eigenvalue weighted by molar-refractivity contribution is 5.94. The molecular weight excluding hydrogens is 394 g/mol. The van der Waals surface area contributed by atoms with Crippen molar-refractivity contribution in [2.75, 3.05) is 33.3 Å². The predicted octanol–water partition coefficient (Wildman–Crippen LogP) is 3.47. The Labute approximate surface area is 183 Å². The monoisotopic (exact) mass is 425 g/mol. The number of para-hydroxylation sites is 1. The summed E-state index contributed by atoms with van der Waals surface area (Å²) in [5.41, 5.74) is 1.00. The van der Waals surface area contributed by atoms with Crippen LogP contribution >= 0.6 is 0 Å². The van der Waals surface area contributed by atoms with E-state index in [-0.39, 0.29) is 11.8 Å². The first kappa shape index (κ1) is 21.4. The fourth-order valence-corrected chi connectivity index (χ4v) is 4.88. The maximum absolute atomic E-state index is 13.6. The number of hydrogen-bond acceptors (Lipinski definition) is 5. The number of amides is 2. The van der Waals surface area contributed by atoms with E-state index in [1.54, 1.807) is 16.7 Å². The molecule has 1 aromatic heterocycles. The lowest BCUT2D eigenvalue weighted by molar-refractivity contribution is -0.144. The number of nitrogens with zero attached hydrogens (tertiary/aromatic N) is 3. The van der Waals surface area contributed by atoms with Crippen LogP contribution in [-0.4, -0.2) is 59.9 Å². The number of hydrogen-bond donors (Lipinski definition) is 0. The Hall–Kier alpha value is -2.83. The zero-order valence-corrected chi connectivity index (χ0v) is 18.4. The maximum Gasteiger partial charge on any atom is 0.276 e. The van der Waals surface area contributed by atoms with E-state index in [2.05, 4.69) is 11.1 Å². The molecule has 3 heterocycles. The number of aromatic nitrogens is 1. The Bertz CT molecular complexity index is 940. The lowest BCUT2D eigenvalue weighted by atomic mass is 9.74. The molecule has 2 aromatic rings. The quantitative estimate of drug-likeness (QED) is 0.699. The van der Waals surface area contributed by atoms with Crippen LogP contribution in [0.2, 0.25) is 0 Å². The fraction of sp³-hybridized carbons (Fsp3) is 0.542. The van der Waals surface area contributed by atoms with Crippen LogP contribution in [0.4, 0.5) is 0 Å². The van der Waals surface area contributed by atoms with E-state index in [4.69, 9.17) is 9.15 Å². The van der Waals surface area contributed by atoms with Gasteiger partial charge in [0.15, 0.2) is 12.1 Å². The molecule has 0 radical (unpaired) electrons. The summed E-state index contributed by atoms with van der Waals surface area (Å²) >= 11 is 0. The first-order chi connectivity index (χ1) is 15.0. The van der Waals surface area contributed by atoms with Crippen molar-refractivity contribution < 1.29 is 18.7 Å². The van der Waals surface area contributed by atoms with E-state index in [0.717, 1.165) is 44.3 Å². The summed E-state index contributed by atoms with van der Waals surface area (Å²) in [6.45, 7) is 3.78. The van der Waals surface area contributed by atoms with Gasteiger partial charge in [-0.25, -0.2) is 4.98 Å². The molecule has 166 valence electrons. The summed E-state index contributed by atoms with van der Waals surface area (Å²) < 4.78 is 11.2. The molecule has 2 amide bonds. The Morgan fingerprint density at radius 3 is 2.74 bits per heavy atom. The van der Waals surface area contributed by atoms with Gasteiger partial charge in [0.05, 0.1) is 12.0 Å². The summed E-state index contributed by atoms with van der Waals surface area (Å²) in [6.07, 6.45) is 6.53. The molecule has 0 saturated carbocycles. The first-order valence-corrected chi connectivity index (χ1v) is 11.2. The van der Waals surface area contributed by atoms with E-state index >= 15 is 0 Å². The average Bonchev–Trinajstić information content (AvgIpc) is 3.21. The molecule has 1 spiro atoms. The van der Waals surface area contributed by atoms with Crippen LogP contribution in [0.5, 0.6) is 5.75 Å². The number of piperidine rings is 1. The molecule has 4 rings (SSSR count). The van der Waals surface area contributed by atoms with Gasteiger partial charge in [-0.3, -0.25) is 9.59 Å². The second-order valence-corrected chi connectivity index (χ2v) is 8.76. The van der Waals surface area contributed by atoms with Crippen LogP contribution in [-0.2, 0) is 11.2 Å².